The second kappa shape index (κ2) is 9.90. The van der Waals surface area contributed by atoms with Crippen molar-refractivity contribution in [1.82, 2.24) is 10.3 Å². The van der Waals surface area contributed by atoms with Crippen LogP contribution in [-0.4, -0.2) is 24.8 Å². The molecule has 6 heteroatoms. The number of hydrogen-bond donors (Lipinski definition) is 1. The number of rotatable bonds is 2. The Bertz CT molecular complexity index is 1010. The predicted octanol–water partition coefficient (Wildman–Crippen LogP) is 4.10. The van der Waals surface area contributed by atoms with Crippen LogP contribution in [0.5, 0.6) is 5.75 Å². The Hall–Kier alpha value is -3.85. The molecule has 1 saturated heterocycles. The molecule has 1 amide bonds. The van der Waals surface area contributed by atoms with Gasteiger partial charge in [-0.2, -0.15) is 4.39 Å². The van der Waals surface area contributed by atoms with Crippen molar-refractivity contribution in [3.63, 3.8) is 0 Å². The zero-order valence-electron chi connectivity index (χ0n) is 15.8. The minimum absolute atomic E-state index is 0.147. The summed E-state index contributed by atoms with van der Waals surface area (Å²) in [4.78, 5) is 14.6. The minimum Gasteiger partial charge on any atom is -0.497 e. The van der Waals surface area contributed by atoms with E-state index in [1.807, 2.05) is 54.6 Å². The van der Waals surface area contributed by atoms with Crippen LogP contribution in [0.15, 0.2) is 72.9 Å². The molecule has 1 aliphatic rings. The third-order valence-corrected chi connectivity index (χ3v) is 4.02. The highest BCUT2D eigenvalue weighted by Gasteiger charge is 2.23. The van der Waals surface area contributed by atoms with Crippen molar-refractivity contribution in [2.24, 2.45) is 0 Å². The zero-order chi connectivity index (χ0) is 20.5. The minimum atomic E-state index is -0.528. The van der Waals surface area contributed by atoms with Crippen LogP contribution < -0.4 is 10.1 Å². The van der Waals surface area contributed by atoms with E-state index in [0.717, 1.165) is 16.9 Å². The summed E-state index contributed by atoms with van der Waals surface area (Å²) >= 11 is 0. The number of amides is 1. The molecule has 3 aromatic rings. The highest BCUT2D eigenvalue weighted by atomic mass is 19.1. The first-order valence-corrected chi connectivity index (χ1v) is 8.90. The topological polar surface area (TPSA) is 60.5 Å². The summed E-state index contributed by atoms with van der Waals surface area (Å²) in [5.74, 6) is 6.29. The summed E-state index contributed by atoms with van der Waals surface area (Å²) in [5.41, 5.74) is 2.38. The second-order valence-corrected chi connectivity index (χ2v) is 6.06. The fraction of sp³-hybridized carbons (Fsp3) is 0.130. The van der Waals surface area contributed by atoms with E-state index in [0.29, 0.717) is 12.2 Å². The van der Waals surface area contributed by atoms with Crippen LogP contribution in [-0.2, 0) is 4.74 Å². The molecular formula is C23H19FN2O3. The molecule has 0 saturated carbocycles. The highest BCUT2D eigenvalue weighted by molar-refractivity contribution is 5.70. The van der Waals surface area contributed by atoms with Crippen molar-refractivity contribution >= 4 is 6.09 Å². The molecule has 2 heterocycles. The number of aromatic nitrogens is 1. The smallest absolute Gasteiger partial charge is 0.407 e. The molecule has 0 spiro atoms. The van der Waals surface area contributed by atoms with Crippen molar-refractivity contribution < 1.29 is 18.7 Å². The Morgan fingerprint density at radius 1 is 1.07 bits per heavy atom. The van der Waals surface area contributed by atoms with Gasteiger partial charge in [-0.25, -0.2) is 9.78 Å². The quantitative estimate of drug-likeness (QED) is 0.529. The molecule has 1 N–H and O–H groups in total. The molecule has 0 bridgehead atoms. The van der Waals surface area contributed by atoms with E-state index in [1.165, 1.54) is 12.3 Å². The Morgan fingerprint density at radius 3 is 2.48 bits per heavy atom. The maximum absolute atomic E-state index is 12.7. The first-order valence-electron chi connectivity index (χ1n) is 8.90. The van der Waals surface area contributed by atoms with Gasteiger partial charge in [0.05, 0.1) is 13.2 Å². The normalized spacial score (nSPS) is 14.4. The largest absolute Gasteiger partial charge is 0.497 e. The lowest BCUT2D eigenvalue weighted by atomic mass is 10.0. The monoisotopic (exact) mass is 390 g/mol. The lowest BCUT2D eigenvalue weighted by Gasteiger charge is -2.07. The summed E-state index contributed by atoms with van der Waals surface area (Å²) in [6, 6.07) is 19.9. The summed E-state index contributed by atoms with van der Waals surface area (Å²) in [6.45, 7) is 0.317. The van der Waals surface area contributed by atoms with Crippen LogP contribution in [0, 0.1) is 17.8 Å². The molecule has 0 unspecified atom stereocenters. The fourth-order valence-electron chi connectivity index (χ4n) is 2.55. The van der Waals surface area contributed by atoms with Crippen molar-refractivity contribution in [2.75, 3.05) is 13.7 Å². The first kappa shape index (κ1) is 19.9. The molecule has 1 aliphatic heterocycles. The molecule has 29 heavy (non-hydrogen) atoms. The van der Waals surface area contributed by atoms with E-state index in [9.17, 15) is 9.18 Å². The fourth-order valence-corrected chi connectivity index (χ4v) is 2.55. The van der Waals surface area contributed by atoms with Crippen molar-refractivity contribution in [1.29, 1.82) is 0 Å². The number of cyclic esters (lactones) is 1. The lowest BCUT2D eigenvalue weighted by molar-refractivity contribution is 0.177. The Balaban J connectivity index is 0.000000252. The number of para-hydroxylation sites is 1. The van der Waals surface area contributed by atoms with Crippen LogP contribution in [0.2, 0.25) is 0 Å². The molecule has 1 atom stereocenters. The number of ether oxygens (including phenoxy) is 2. The maximum atomic E-state index is 12.7. The summed E-state index contributed by atoms with van der Waals surface area (Å²) < 4.78 is 22.5. The third-order valence-electron chi connectivity index (χ3n) is 4.02. The number of benzene rings is 2. The van der Waals surface area contributed by atoms with E-state index >= 15 is 0 Å². The number of pyridine rings is 1. The van der Waals surface area contributed by atoms with Crippen LogP contribution >= 0.6 is 0 Å². The molecule has 0 aliphatic carbocycles. The van der Waals surface area contributed by atoms with Crippen molar-refractivity contribution in [2.45, 2.75) is 6.04 Å². The Morgan fingerprint density at radius 2 is 1.86 bits per heavy atom. The van der Waals surface area contributed by atoms with Gasteiger partial charge in [-0.15, -0.1) is 0 Å². The number of alkyl carbamates (subject to hydrolysis) is 1. The summed E-state index contributed by atoms with van der Waals surface area (Å²) in [7, 11) is 1.66. The van der Waals surface area contributed by atoms with Crippen LogP contribution in [0.3, 0.4) is 0 Å². The predicted molar refractivity (Wildman–Crippen MR) is 107 cm³/mol. The van der Waals surface area contributed by atoms with Crippen LogP contribution in [0.4, 0.5) is 9.18 Å². The molecule has 4 rings (SSSR count). The molecule has 146 valence electrons. The third kappa shape index (κ3) is 6.08. The van der Waals surface area contributed by atoms with Gasteiger partial charge in [-0.05, 0) is 42.0 Å². The number of halogens is 1. The van der Waals surface area contributed by atoms with E-state index in [-0.39, 0.29) is 6.04 Å². The number of carbonyl (C=O) groups excluding carboxylic acids is 1. The maximum Gasteiger partial charge on any atom is 0.407 e. The summed E-state index contributed by atoms with van der Waals surface area (Å²) in [6.07, 6.45) is 0.978. The molecule has 2 aromatic carbocycles. The molecular weight excluding hydrogens is 371 g/mol. The number of hydrogen-bond acceptors (Lipinski definition) is 4. The van der Waals surface area contributed by atoms with Crippen LogP contribution in [0.25, 0.3) is 0 Å². The van der Waals surface area contributed by atoms with Gasteiger partial charge in [0.2, 0.25) is 5.95 Å². The van der Waals surface area contributed by atoms with Gasteiger partial charge >= 0.3 is 6.09 Å². The standard InChI is InChI=1S/C16H11FN2O2.C7H8O/c17-15-7-6-12(9-18-15)5-4-11-2-1-3-13(8-11)14-10-21-16(20)19-14;1-8-7-5-3-2-4-6-7/h1-3,6-9,14H,10H2,(H,19,20);2-6H,1H3/t14-;/m0./s1. The van der Waals surface area contributed by atoms with Crippen molar-refractivity contribution in [3.05, 3.63) is 95.6 Å². The van der Waals surface area contributed by atoms with E-state index in [2.05, 4.69) is 22.1 Å². The van der Waals surface area contributed by atoms with Crippen molar-refractivity contribution in [3.8, 4) is 17.6 Å². The molecule has 1 aromatic heterocycles. The van der Waals surface area contributed by atoms with Gasteiger partial charge in [0.25, 0.3) is 0 Å². The molecule has 0 radical (unpaired) electrons. The zero-order valence-corrected chi connectivity index (χ0v) is 15.8. The van der Waals surface area contributed by atoms with Gasteiger partial charge in [-0.1, -0.05) is 42.2 Å². The van der Waals surface area contributed by atoms with Gasteiger partial charge in [0.15, 0.2) is 0 Å². The van der Waals surface area contributed by atoms with E-state index in [1.54, 1.807) is 13.2 Å². The first-order chi connectivity index (χ1) is 14.1. The summed E-state index contributed by atoms with van der Waals surface area (Å²) in [5, 5.41) is 2.72. The number of methoxy groups -OCH3 is 1. The Kier molecular flexibility index (Phi) is 6.80. The van der Waals surface area contributed by atoms with Gasteiger partial charge in [-0.3, -0.25) is 0 Å². The SMILES string of the molecule is COc1ccccc1.O=C1N[C@H](c2cccc(C#Cc3ccc(F)nc3)c2)CO1. The van der Waals surface area contributed by atoms with Gasteiger partial charge in [0, 0.05) is 17.3 Å². The van der Waals surface area contributed by atoms with E-state index in [4.69, 9.17) is 9.47 Å². The Labute approximate surface area is 168 Å². The van der Waals surface area contributed by atoms with Gasteiger partial charge < -0.3 is 14.8 Å². The second-order valence-electron chi connectivity index (χ2n) is 6.06. The average molecular weight is 390 g/mol. The van der Waals surface area contributed by atoms with Gasteiger partial charge in [0.1, 0.15) is 12.4 Å². The lowest BCUT2D eigenvalue weighted by Crippen LogP contribution is -2.18. The number of nitrogens with zero attached hydrogens (tertiary/aromatic N) is 1. The molecule has 1 fully saturated rings. The highest BCUT2D eigenvalue weighted by Crippen LogP contribution is 2.18. The molecule has 5 nitrogen and oxygen atoms in total. The van der Waals surface area contributed by atoms with E-state index < -0.39 is 12.0 Å². The van der Waals surface area contributed by atoms with Crippen LogP contribution in [0.1, 0.15) is 22.7 Å². The number of nitrogens with one attached hydrogen (secondary N) is 1. The average Bonchev–Trinajstić information content (AvgIpc) is 3.21. The number of carbonyl (C=O) groups is 1.